The van der Waals surface area contributed by atoms with E-state index in [1.165, 1.54) is 37.4 Å². The summed E-state index contributed by atoms with van der Waals surface area (Å²) in [5.41, 5.74) is -1.61. The molecule has 0 bridgehead atoms. The fraction of sp³-hybridized carbons (Fsp3) is 0.133. The van der Waals surface area contributed by atoms with E-state index in [-0.39, 0.29) is 17.1 Å². The molecular weight excluding hydrogens is 299 g/mol. The molecule has 4 nitrogen and oxygen atoms in total. The number of aromatic hydroxyl groups is 1. The molecule has 0 saturated heterocycles. The highest BCUT2D eigenvalue weighted by atomic mass is 19.4. The highest BCUT2D eigenvalue weighted by Gasteiger charge is 2.34. The predicted octanol–water partition coefficient (Wildman–Crippen LogP) is 3.67. The van der Waals surface area contributed by atoms with E-state index in [2.05, 4.69) is 5.32 Å². The van der Waals surface area contributed by atoms with Crippen LogP contribution in [0.25, 0.3) is 0 Å². The SMILES string of the molecule is COc1cccc(O)c1C(=O)Nc1ccccc1C(F)(F)F. The normalized spacial score (nSPS) is 11.1. The van der Waals surface area contributed by atoms with E-state index in [1.54, 1.807) is 0 Å². The topological polar surface area (TPSA) is 58.6 Å². The van der Waals surface area contributed by atoms with Crippen LogP contribution >= 0.6 is 0 Å². The third kappa shape index (κ3) is 3.13. The van der Waals surface area contributed by atoms with Crippen LogP contribution in [0.1, 0.15) is 15.9 Å². The summed E-state index contributed by atoms with van der Waals surface area (Å²) in [6, 6.07) is 8.70. The molecular formula is C15H12F3NO3. The molecule has 0 spiro atoms. The van der Waals surface area contributed by atoms with Crippen molar-refractivity contribution in [2.24, 2.45) is 0 Å². The number of amides is 1. The Morgan fingerprint density at radius 3 is 2.45 bits per heavy atom. The van der Waals surface area contributed by atoms with Crippen LogP contribution in [-0.2, 0) is 6.18 Å². The van der Waals surface area contributed by atoms with Gasteiger partial charge in [-0.05, 0) is 24.3 Å². The van der Waals surface area contributed by atoms with Gasteiger partial charge in [0.15, 0.2) is 0 Å². The van der Waals surface area contributed by atoms with Crippen molar-refractivity contribution < 1.29 is 27.8 Å². The Morgan fingerprint density at radius 2 is 1.82 bits per heavy atom. The number of benzene rings is 2. The van der Waals surface area contributed by atoms with Gasteiger partial charge in [0.2, 0.25) is 0 Å². The van der Waals surface area contributed by atoms with Crippen LogP contribution in [0.5, 0.6) is 11.5 Å². The van der Waals surface area contributed by atoms with Crippen LogP contribution in [0, 0.1) is 0 Å². The van der Waals surface area contributed by atoms with Gasteiger partial charge in [-0.3, -0.25) is 4.79 Å². The summed E-state index contributed by atoms with van der Waals surface area (Å²) in [6.07, 6.45) is -4.60. The van der Waals surface area contributed by atoms with Gasteiger partial charge in [0, 0.05) is 0 Å². The summed E-state index contributed by atoms with van der Waals surface area (Å²) in [5, 5.41) is 11.9. The fourth-order valence-corrected chi connectivity index (χ4v) is 1.94. The standard InChI is InChI=1S/C15H12F3NO3/c1-22-12-8-4-7-11(20)13(12)14(21)19-10-6-3-2-5-9(10)15(16,17)18/h2-8,20H,1H3,(H,19,21). The number of halogens is 3. The molecule has 0 unspecified atom stereocenters. The van der Waals surface area contributed by atoms with Crippen molar-refractivity contribution >= 4 is 11.6 Å². The molecule has 0 aliphatic carbocycles. The molecule has 0 aliphatic heterocycles. The smallest absolute Gasteiger partial charge is 0.418 e. The molecule has 116 valence electrons. The molecule has 2 aromatic rings. The number of ether oxygens (including phenoxy) is 1. The Kier molecular flexibility index (Phi) is 4.25. The number of para-hydroxylation sites is 1. The van der Waals surface area contributed by atoms with Gasteiger partial charge >= 0.3 is 6.18 Å². The quantitative estimate of drug-likeness (QED) is 0.909. The molecule has 1 amide bonds. The fourth-order valence-electron chi connectivity index (χ4n) is 1.94. The van der Waals surface area contributed by atoms with Crippen LogP contribution in [0.2, 0.25) is 0 Å². The summed E-state index contributed by atoms with van der Waals surface area (Å²) < 4.78 is 43.6. The molecule has 2 N–H and O–H groups in total. The van der Waals surface area contributed by atoms with Crippen LogP contribution in [-0.4, -0.2) is 18.1 Å². The molecule has 22 heavy (non-hydrogen) atoms. The zero-order valence-electron chi connectivity index (χ0n) is 11.4. The Bertz CT molecular complexity index is 699. The van der Waals surface area contributed by atoms with E-state index in [9.17, 15) is 23.1 Å². The van der Waals surface area contributed by atoms with Gasteiger partial charge in [-0.15, -0.1) is 0 Å². The third-order valence-electron chi connectivity index (χ3n) is 2.93. The van der Waals surface area contributed by atoms with Gasteiger partial charge < -0.3 is 15.2 Å². The number of carbonyl (C=O) groups is 1. The molecule has 7 heteroatoms. The summed E-state index contributed by atoms with van der Waals surface area (Å²) in [4.78, 5) is 12.2. The lowest BCUT2D eigenvalue weighted by Gasteiger charge is -2.15. The van der Waals surface area contributed by atoms with Gasteiger partial charge in [-0.2, -0.15) is 13.2 Å². The summed E-state index contributed by atoms with van der Waals surface area (Å²) >= 11 is 0. The van der Waals surface area contributed by atoms with Crippen molar-refractivity contribution in [3.05, 3.63) is 53.6 Å². The minimum atomic E-state index is -4.60. The Hall–Kier alpha value is -2.70. The molecule has 0 heterocycles. The van der Waals surface area contributed by atoms with Gasteiger partial charge in [0.1, 0.15) is 17.1 Å². The van der Waals surface area contributed by atoms with Crippen molar-refractivity contribution in [3.8, 4) is 11.5 Å². The van der Waals surface area contributed by atoms with E-state index < -0.39 is 23.3 Å². The van der Waals surface area contributed by atoms with Crippen LogP contribution in [0.3, 0.4) is 0 Å². The maximum atomic E-state index is 12.9. The first kappa shape index (κ1) is 15.7. The highest BCUT2D eigenvalue weighted by Crippen LogP contribution is 2.35. The predicted molar refractivity (Wildman–Crippen MR) is 74.1 cm³/mol. The van der Waals surface area contributed by atoms with Crippen LogP contribution in [0.4, 0.5) is 18.9 Å². The zero-order valence-corrected chi connectivity index (χ0v) is 11.4. The molecule has 0 radical (unpaired) electrons. The Balaban J connectivity index is 2.39. The lowest BCUT2D eigenvalue weighted by atomic mass is 10.1. The number of carbonyl (C=O) groups excluding carboxylic acids is 1. The van der Waals surface area contributed by atoms with Gasteiger partial charge in [-0.1, -0.05) is 18.2 Å². The van der Waals surface area contributed by atoms with Crippen LogP contribution < -0.4 is 10.1 Å². The second-order valence-corrected chi connectivity index (χ2v) is 4.35. The molecule has 0 aliphatic rings. The van der Waals surface area contributed by atoms with E-state index in [4.69, 9.17) is 4.74 Å². The molecule has 2 aromatic carbocycles. The number of rotatable bonds is 3. The number of phenolic OH excluding ortho intramolecular Hbond substituents is 1. The molecule has 0 saturated carbocycles. The Morgan fingerprint density at radius 1 is 1.14 bits per heavy atom. The molecule has 0 aromatic heterocycles. The number of methoxy groups -OCH3 is 1. The van der Waals surface area contributed by atoms with E-state index in [0.717, 1.165) is 12.1 Å². The third-order valence-corrected chi connectivity index (χ3v) is 2.93. The second-order valence-electron chi connectivity index (χ2n) is 4.35. The molecule has 0 atom stereocenters. The number of nitrogens with one attached hydrogen (secondary N) is 1. The van der Waals surface area contributed by atoms with Crippen molar-refractivity contribution in [1.29, 1.82) is 0 Å². The Labute approximate surface area is 124 Å². The number of phenols is 1. The number of hydrogen-bond acceptors (Lipinski definition) is 3. The average Bonchev–Trinajstić information content (AvgIpc) is 2.46. The second kappa shape index (κ2) is 5.97. The first-order valence-electron chi connectivity index (χ1n) is 6.18. The van der Waals surface area contributed by atoms with Crippen molar-refractivity contribution in [1.82, 2.24) is 0 Å². The average molecular weight is 311 g/mol. The highest BCUT2D eigenvalue weighted by molar-refractivity contribution is 6.08. The van der Waals surface area contributed by atoms with Crippen molar-refractivity contribution in [2.45, 2.75) is 6.18 Å². The largest absolute Gasteiger partial charge is 0.507 e. The minimum absolute atomic E-state index is 0.0574. The maximum absolute atomic E-state index is 12.9. The van der Waals surface area contributed by atoms with E-state index in [1.807, 2.05) is 0 Å². The summed E-state index contributed by atoms with van der Waals surface area (Å²) in [6.45, 7) is 0. The van der Waals surface area contributed by atoms with Gasteiger partial charge in [0.25, 0.3) is 5.91 Å². The zero-order chi connectivity index (χ0) is 16.3. The van der Waals surface area contributed by atoms with E-state index >= 15 is 0 Å². The molecule has 0 fully saturated rings. The number of hydrogen-bond donors (Lipinski definition) is 2. The van der Waals surface area contributed by atoms with Crippen LogP contribution in [0.15, 0.2) is 42.5 Å². The number of alkyl halides is 3. The lowest BCUT2D eigenvalue weighted by molar-refractivity contribution is -0.136. The minimum Gasteiger partial charge on any atom is -0.507 e. The van der Waals surface area contributed by atoms with E-state index in [0.29, 0.717) is 0 Å². The lowest BCUT2D eigenvalue weighted by Crippen LogP contribution is -2.17. The van der Waals surface area contributed by atoms with Gasteiger partial charge in [0.05, 0.1) is 18.4 Å². The number of anilines is 1. The first-order chi connectivity index (χ1) is 10.3. The van der Waals surface area contributed by atoms with Crippen molar-refractivity contribution in [3.63, 3.8) is 0 Å². The first-order valence-corrected chi connectivity index (χ1v) is 6.18. The maximum Gasteiger partial charge on any atom is 0.418 e. The molecule has 2 rings (SSSR count). The monoisotopic (exact) mass is 311 g/mol. The summed E-state index contributed by atoms with van der Waals surface area (Å²) in [7, 11) is 1.29. The summed E-state index contributed by atoms with van der Waals surface area (Å²) in [5.74, 6) is -1.23. The van der Waals surface area contributed by atoms with Gasteiger partial charge in [-0.25, -0.2) is 0 Å². The van der Waals surface area contributed by atoms with Crippen molar-refractivity contribution in [2.75, 3.05) is 12.4 Å².